The van der Waals surface area contributed by atoms with E-state index in [0.717, 1.165) is 63.5 Å². The van der Waals surface area contributed by atoms with Crippen molar-refractivity contribution in [2.45, 2.75) is 229 Å². The fourth-order valence-electron chi connectivity index (χ4n) is 8.18. The first kappa shape index (κ1) is 50.1. The van der Waals surface area contributed by atoms with Crippen LogP contribution in [0.25, 0.3) is 0 Å². The maximum atomic E-state index is 14.5. The highest BCUT2D eigenvalue weighted by Gasteiger charge is 2.34. The minimum atomic E-state index is -4.74. The fourth-order valence-corrected chi connectivity index (χ4v) is 10.1. The van der Waals surface area contributed by atoms with Gasteiger partial charge < -0.3 is 20.4 Å². The van der Waals surface area contributed by atoms with Crippen molar-refractivity contribution in [2.24, 2.45) is 0 Å². The standard InChI is InChI=1S/C48H78O8S/c1-3-5-7-9-11-13-15-17-19-21-23-25-27-29-31-33-39-41(47(51)52)35-37-43(49)45(39)57(55,56)46-40(42(48(53)54)36-38-44(46)50)34-32-30-28-26-24-22-20-18-16-14-12-10-8-6-4-2/h35-38,49-50H,3-34H2,1-2H3,(H,51,52)(H,53,54). The molecule has 8 nitrogen and oxygen atoms in total. The molecule has 2 aromatic rings. The summed E-state index contributed by atoms with van der Waals surface area (Å²) in [5.74, 6) is -3.86. The number of phenols is 2. The Balaban J connectivity index is 2.00. The molecule has 0 aliphatic heterocycles. The topological polar surface area (TPSA) is 149 Å². The predicted octanol–water partition coefficient (Wildman–Crippen LogP) is 14.2. The third-order valence-electron chi connectivity index (χ3n) is 11.5. The molecule has 0 aromatic heterocycles. The molecule has 0 heterocycles. The summed E-state index contributed by atoms with van der Waals surface area (Å²) in [5.41, 5.74) is -0.491. The Bertz CT molecular complexity index is 1430. The summed E-state index contributed by atoms with van der Waals surface area (Å²) < 4.78 is 29.0. The molecule has 0 fully saturated rings. The fraction of sp³-hybridized carbons (Fsp3) is 0.708. The van der Waals surface area contributed by atoms with Gasteiger partial charge in [0.25, 0.3) is 0 Å². The summed E-state index contributed by atoms with van der Waals surface area (Å²) in [6.07, 6.45) is 35.0. The van der Waals surface area contributed by atoms with Gasteiger partial charge in [-0.3, -0.25) is 0 Å². The van der Waals surface area contributed by atoms with Gasteiger partial charge in [-0.05, 0) is 61.1 Å². The molecule has 2 aromatic carbocycles. The molecule has 9 heteroatoms. The van der Waals surface area contributed by atoms with E-state index in [-0.39, 0.29) is 35.1 Å². The van der Waals surface area contributed by atoms with Crippen molar-refractivity contribution in [1.82, 2.24) is 0 Å². The van der Waals surface area contributed by atoms with Crippen molar-refractivity contribution >= 4 is 21.8 Å². The minimum absolute atomic E-state index is 0.0183. The highest BCUT2D eigenvalue weighted by molar-refractivity contribution is 7.91. The van der Waals surface area contributed by atoms with Gasteiger partial charge in [0.15, 0.2) is 0 Å². The normalized spacial score (nSPS) is 11.7. The van der Waals surface area contributed by atoms with Crippen LogP contribution in [0.1, 0.15) is 238 Å². The molecule has 0 saturated carbocycles. The number of sulfone groups is 1. The lowest BCUT2D eigenvalue weighted by Gasteiger charge is -2.19. The van der Waals surface area contributed by atoms with Crippen LogP contribution in [0, 0.1) is 0 Å². The Morgan fingerprint density at radius 1 is 0.404 bits per heavy atom. The lowest BCUT2D eigenvalue weighted by atomic mass is 9.99. The Labute approximate surface area is 346 Å². The van der Waals surface area contributed by atoms with Crippen LogP contribution >= 0.6 is 0 Å². The average Bonchev–Trinajstić information content (AvgIpc) is 3.17. The molecule has 0 saturated heterocycles. The van der Waals surface area contributed by atoms with Crippen molar-refractivity contribution < 1.29 is 38.4 Å². The van der Waals surface area contributed by atoms with E-state index in [2.05, 4.69) is 13.8 Å². The van der Waals surface area contributed by atoms with Gasteiger partial charge in [0.05, 0.1) is 11.1 Å². The van der Waals surface area contributed by atoms with Gasteiger partial charge in [-0.1, -0.05) is 194 Å². The molecule has 57 heavy (non-hydrogen) atoms. The highest BCUT2D eigenvalue weighted by atomic mass is 32.2. The van der Waals surface area contributed by atoms with Crippen LogP contribution in [0.5, 0.6) is 11.5 Å². The summed E-state index contributed by atoms with van der Waals surface area (Å²) in [6, 6.07) is 4.53. The molecule has 0 atom stereocenters. The van der Waals surface area contributed by atoms with Gasteiger partial charge >= 0.3 is 11.9 Å². The number of benzene rings is 2. The van der Waals surface area contributed by atoms with Crippen molar-refractivity contribution in [3.63, 3.8) is 0 Å². The maximum absolute atomic E-state index is 14.5. The Kier molecular flexibility index (Phi) is 26.4. The van der Waals surface area contributed by atoms with E-state index in [1.54, 1.807) is 0 Å². The summed E-state index contributed by atoms with van der Waals surface area (Å²) in [7, 11) is -4.74. The predicted molar refractivity (Wildman–Crippen MR) is 233 cm³/mol. The summed E-state index contributed by atoms with van der Waals surface area (Å²) >= 11 is 0. The number of aromatic hydroxyl groups is 2. The summed E-state index contributed by atoms with van der Waals surface area (Å²) in [5, 5.41) is 42.2. The van der Waals surface area contributed by atoms with Crippen LogP contribution in [0.15, 0.2) is 34.1 Å². The van der Waals surface area contributed by atoms with Gasteiger partial charge in [-0.2, -0.15) is 0 Å². The third kappa shape index (κ3) is 19.0. The van der Waals surface area contributed by atoms with E-state index in [1.807, 2.05) is 0 Å². The van der Waals surface area contributed by atoms with Crippen molar-refractivity contribution in [1.29, 1.82) is 0 Å². The van der Waals surface area contributed by atoms with Gasteiger partial charge in [-0.15, -0.1) is 0 Å². The molecule has 0 unspecified atom stereocenters. The molecule has 324 valence electrons. The SMILES string of the molecule is CCCCCCCCCCCCCCCCCc1c(C(=O)O)ccc(O)c1S(=O)(=O)c1c(O)ccc(C(=O)O)c1CCCCCCCCCCCCCCCCC. The number of carboxylic acid groups (broad SMARTS) is 2. The smallest absolute Gasteiger partial charge is 0.336 e. The molecule has 0 aliphatic carbocycles. The first-order valence-electron chi connectivity index (χ1n) is 23.0. The summed E-state index contributed by atoms with van der Waals surface area (Å²) in [4.78, 5) is 23.6. The van der Waals surface area contributed by atoms with Gasteiger partial charge in [0.1, 0.15) is 21.3 Å². The third-order valence-corrected chi connectivity index (χ3v) is 13.5. The molecule has 0 bridgehead atoms. The first-order valence-corrected chi connectivity index (χ1v) is 24.5. The number of hydrogen-bond acceptors (Lipinski definition) is 6. The number of carboxylic acids is 2. The molecule has 0 spiro atoms. The number of carbonyl (C=O) groups is 2. The van der Waals surface area contributed by atoms with Crippen LogP contribution in [0.3, 0.4) is 0 Å². The lowest BCUT2D eigenvalue weighted by molar-refractivity contribution is 0.0684. The van der Waals surface area contributed by atoms with E-state index in [4.69, 9.17) is 0 Å². The van der Waals surface area contributed by atoms with Crippen molar-refractivity contribution in [3.8, 4) is 11.5 Å². The zero-order chi connectivity index (χ0) is 41.7. The zero-order valence-electron chi connectivity index (χ0n) is 35.8. The van der Waals surface area contributed by atoms with Crippen LogP contribution in [-0.2, 0) is 22.7 Å². The lowest BCUT2D eigenvalue weighted by Crippen LogP contribution is -2.15. The molecule has 4 N–H and O–H groups in total. The van der Waals surface area contributed by atoms with Gasteiger partial charge in [0, 0.05) is 0 Å². The van der Waals surface area contributed by atoms with Crippen LogP contribution < -0.4 is 0 Å². The van der Waals surface area contributed by atoms with E-state index < -0.39 is 43.1 Å². The number of hydrogen-bond donors (Lipinski definition) is 4. The van der Waals surface area contributed by atoms with Gasteiger partial charge in [0.2, 0.25) is 9.84 Å². The zero-order valence-corrected chi connectivity index (χ0v) is 36.6. The second-order valence-corrected chi connectivity index (χ2v) is 18.2. The van der Waals surface area contributed by atoms with Crippen LogP contribution in [0.4, 0.5) is 0 Å². The van der Waals surface area contributed by atoms with Crippen molar-refractivity contribution in [3.05, 3.63) is 46.5 Å². The van der Waals surface area contributed by atoms with Gasteiger partial charge in [-0.25, -0.2) is 18.0 Å². The average molecular weight is 815 g/mol. The second-order valence-electron chi connectivity index (χ2n) is 16.4. The minimum Gasteiger partial charge on any atom is -0.507 e. The van der Waals surface area contributed by atoms with E-state index in [0.29, 0.717) is 12.8 Å². The Hall–Kier alpha value is -3.07. The Morgan fingerprint density at radius 3 is 0.860 bits per heavy atom. The van der Waals surface area contributed by atoms with E-state index in [9.17, 15) is 38.4 Å². The molecular formula is C48H78O8S. The Morgan fingerprint density at radius 2 is 0.632 bits per heavy atom. The first-order chi connectivity index (χ1) is 27.6. The molecular weight excluding hydrogens is 737 g/mol. The molecule has 0 radical (unpaired) electrons. The largest absolute Gasteiger partial charge is 0.507 e. The molecule has 2 rings (SSSR count). The quantitative estimate of drug-likeness (QED) is 0.0497. The molecule has 0 aliphatic rings. The highest BCUT2D eigenvalue weighted by Crippen LogP contribution is 2.41. The van der Waals surface area contributed by atoms with E-state index >= 15 is 0 Å². The van der Waals surface area contributed by atoms with Crippen LogP contribution in [-0.4, -0.2) is 40.8 Å². The number of phenolic OH excluding ortho intramolecular Hbond substituents is 2. The van der Waals surface area contributed by atoms with E-state index in [1.165, 1.54) is 141 Å². The van der Waals surface area contributed by atoms with Crippen LogP contribution in [0.2, 0.25) is 0 Å². The molecule has 0 amide bonds. The summed E-state index contributed by atoms with van der Waals surface area (Å²) in [6.45, 7) is 4.48. The number of rotatable bonds is 36. The number of unbranched alkanes of at least 4 members (excludes halogenated alkanes) is 28. The van der Waals surface area contributed by atoms with Crippen molar-refractivity contribution in [2.75, 3.05) is 0 Å². The maximum Gasteiger partial charge on any atom is 0.336 e. The second kappa shape index (κ2) is 30.0. The number of aromatic carboxylic acids is 2. The monoisotopic (exact) mass is 815 g/mol.